The predicted molar refractivity (Wildman–Crippen MR) is 109 cm³/mol. The third-order valence-corrected chi connectivity index (χ3v) is 6.38. The van der Waals surface area contributed by atoms with Crippen LogP contribution in [-0.2, 0) is 14.4 Å². The summed E-state index contributed by atoms with van der Waals surface area (Å²) in [7, 11) is 0. The molecule has 30 heavy (non-hydrogen) atoms. The summed E-state index contributed by atoms with van der Waals surface area (Å²) in [5, 5.41) is 11.7. The average Bonchev–Trinajstić information content (AvgIpc) is 3.38. The molecule has 1 saturated carbocycles. The number of carbonyl (C=O) groups excluding carboxylic acids is 3. The number of amides is 3. The van der Waals surface area contributed by atoms with Crippen LogP contribution in [0.4, 0.5) is 5.82 Å². The van der Waals surface area contributed by atoms with E-state index in [9.17, 15) is 14.4 Å². The quantitative estimate of drug-likeness (QED) is 0.440. The molecule has 0 aromatic carbocycles. The first kappa shape index (κ1) is 22.1. The molecule has 0 radical (unpaired) electrons. The number of unbranched alkanes of at least 4 members (excludes halogenated alkanes) is 1. The maximum atomic E-state index is 13.5. The topological polar surface area (TPSA) is 125 Å². The molecule has 1 aliphatic heterocycles. The Morgan fingerprint density at radius 3 is 2.70 bits per heavy atom. The highest BCUT2D eigenvalue weighted by molar-refractivity contribution is 5.97. The van der Waals surface area contributed by atoms with E-state index < -0.39 is 17.9 Å². The van der Waals surface area contributed by atoms with E-state index in [-0.39, 0.29) is 23.7 Å². The normalized spacial score (nSPS) is 20.9. The maximum absolute atomic E-state index is 13.5. The number of hydroxylamine groups is 1. The second kappa shape index (κ2) is 9.97. The fraction of sp³-hybridized carbons (Fsp3) is 0.667. The summed E-state index contributed by atoms with van der Waals surface area (Å²) in [6.07, 6.45) is 11.5. The highest BCUT2D eigenvalue weighted by Crippen LogP contribution is 2.48. The zero-order valence-electron chi connectivity index (χ0n) is 17.5. The van der Waals surface area contributed by atoms with E-state index in [1.54, 1.807) is 10.4 Å². The minimum atomic E-state index is -0.598. The number of nitrogens with one attached hydrogen (secondary N) is 2. The summed E-state index contributed by atoms with van der Waals surface area (Å²) in [5.41, 5.74) is 1.60. The lowest BCUT2D eigenvalue weighted by Crippen LogP contribution is -2.46. The van der Waals surface area contributed by atoms with Gasteiger partial charge < -0.3 is 10.2 Å². The Morgan fingerprint density at radius 1 is 1.30 bits per heavy atom. The molecule has 0 bridgehead atoms. The number of aromatic nitrogens is 2. The molecule has 164 valence electrons. The van der Waals surface area contributed by atoms with Crippen molar-refractivity contribution in [2.24, 2.45) is 11.3 Å². The summed E-state index contributed by atoms with van der Waals surface area (Å²) >= 11 is 0. The van der Waals surface area contributed by atoms with Crippen LogP contribution in [0.25, 0.3) is 0 Å². The first-order chi connectivity index (χ1) is 14.5. The van der Waals surface area contributed by atoms with Crippen molar-refractivity contribution in [3.8, 4) is 0 Å². The highest BCUT2D eigenvalue weighted by Gasteiger charge is 2.50. The van der Waals surface area contributed by atoms with Gasteiger partial charge in [-0.15, -0.1) is 0 Å². The van der Waals surface area contributed by atoms with Crippen LogP contribution in [0, 0.1) is 11.3 Å². The second-order valence-corrected chi connectivity index (χ2v) is 8.55. The lowest BCUT2D eigenvalue weighted by atomic mass is 9.84. The Hall–Kier alpha value is -2.55. The van der Waals surface area contributed by atoms with Gasteiger partial charge in [0.2, 0.25) is 17.7 Å². The molecule has 1 aliphatic carbocycles. The van der Waals surface area contributed by atoms with Gasteiger partial charge in [-0.05, 0) is 31.1 Å². The van der Waals surface area contributed by atoms with Gasteiger partial charge in [-0.25, -0.2) is 10.5 Å². The van der Waals surface area contributed by atoms with Crippen molar-refractivity contribution in [3.05, 3.63) is 18.6 Å². The fourth-order valence-corrected chi connectivity index (χ4v) is 4.85. The van der Waals surface area contributed by atoms with E-state index in [1.165, 1.54) is 18.6 Å². The Kier molecular flexibility index (Phi) is 7.36. The molecule has 2 heterocycles. The molecule has 0 unspecified atom stereocenters. The number of nitrogens with zero attached hydrogens (tertiary/aromatic N) is 3. The smallest absolute Gasteiger partial charge is 0.248 e. The molecule has 2 fully saturated rings. The fourth-order valence-electron chi connectivity index (χ4n) is 4.85. The van der Waals surface area contributed by atoms with E-state index in [1.807, 2.05) is 6.92 Å². The van der Waals surface area contributed by atoms with E-state index in [2.05, 4.69) is 15.3 Å². The van der Waals surface area contributed by atoms with Crippen molar-refractivity contribution >= 4 is 23.5 Å². The van der Waals surface area contributed by atoms with Crippen molar-refractivity contribution in [1.82, 2.24) is 20.3 Å². The SMILES string of the molecule is CCCC[C@H](CC(=O)NO)C(=O)N1CC2(CCCC2)C[C@H]1C(=O)Nc1cnccn1. The van der Waals surface area contributed by atoms with E-state index in [0.29, 0.717) is 25.2 Å². The number of likely N-dealkylation sites (tertiary alicyclic amines) is 1. The van der Waals surface area contributed by atoms with Crippen LogP contribution in [0.1, 0.15) is 64.7 Å². The summed E-state index contributed by atoms with van der Waals surface area (Å²) < 4.78 is 0. The van der Waals surface area contributed by atoms with Gasteiger partial charge in [-0.2, -0.15) is 0 Å². The lowest BCUT2D eigenvalue weighted by Gasteiger charge is -2.28. The van der Waals surface area contributed by atoms with Gasteiger partial charge >= 0.3 is 0 Å². The van der Waals surface area contributed by atoms with Gasteiger partial charge in [0.05, 0.1) is 6.20 Å². The molecule has 1 saturated heterocycles. The highest BCUT2D eigenvalue weighted by atomic mass is 16.5. The molecule has 2 aliphatic rings. The summed E-state index contributed by atoms with van der Waals surface area (Å²) in [5.74, 6) is -1.24. The van der Waals surface area contributed by atoms with E-state index >= 15 is 0 Å². The Morgan fingerprint density at radius 2 is 2.07 bits per heavy atom. The number of anilines is 1. The van der Waals surface area contributed by atoms with Crippen LogP contribution < -0.4 is 10.8 Å². The number of hydrogen-bond acceptors (Lipinski definition) is 6. The van der Waals surface area contributed by atoms with Gasteiger partial charge in [0.25, 0.3) is 0 Å². The maximum Gasteiger partial charge on any atom is 0.248 e. The molecule has 2 atom stereocenters. The van der Waals surface area contributed by atoms with Gasteiger partial charge in [-0.1, -0.05) is 32.6 Å². The number of hydrogen-bond donors (Lipinski definition) is 3. The monoisotopic (exact) mass is 417 g/mol. The average molecular weight is 418 g/mol. The largest absolute Gasteiger partial charge is 0.330 e. The van der Waals surface area contributed by atoms with Crippen molar-refractivity contribution in [2.75, 3.05) is 11.9 Å². The third-order valence-electron chi connectivity index (χ3n) is 6.38. The van der Waals surface area contributed by atoms with Crippen molar-refractivity contribution in [3.63, 3.8) is 0 Å². The Bertz CT molecular complexity index is 751. The summed E-state index contributed by atoms with van der Waals surface area (Å²) in [6, 6.07) is -0.598. The first-order valence-corrected chi connectivity index (χ1v) is 10.8. The number of rotatable bonds is 8. The zero-order valence-corrected chi connectivity index (χ0v) is 17.5. The molecule has 1 aromatic heterocycles. The Balaban J connectivity index is 1.80. The molecule has 1 aromatic rings. The summed E-state index contributed by atoms with van der Waals surface area (Å²) in [4.78, 5) is 48.1. The van der Waals surface area contributed by atoms with Crippen molar-refractivity contribution < 1.29 is 19.6 Å². The summed E-state index contributed by atoms with van der Waals surface area (Å²) in [6.45, 7) is 2.56. The molecule has 1 spiro atoms. The molecular formula is C21H31N5O4. The van der Waals surface area contributed by atoms with Gasteiger partial charge in [0, 0.05) is 31.3 Å². The number of carbonyl (C=O) groups is 3. The molecule has 3 N–H and O–H groups in total. The molecular weight excluding hydrogens is 386 g/mol. The molecule has 9 nitrogen and oxygen atoms in total. The Labute approximate surface area is 176 Å². The van der Waals surface area contributed by atoms with Crippen LogP contribution in [0.5, 0.6) is 0 Å². The van der Waals surface area contributed by atoms with Gasteiger partial charge in [0.1, 0.15) is 6.04 Å². The standard InChI is InChI=1S/C21H31N5O4/c1-2-3-6-15(11-18(27)25-30)20(29)26-14-21(7-4-5-8-21)12-16(26)19(28)24-17-13-22-9-10-23-17/h9-10,13,15-16,30H,2-8,11-12,14H2,1H3,(H,25,27)(H,23,24,28)/t15-,16+/m1/s1. The van der Waals surface area contributed by atoms with Crippen LogP contribution >= 0.6 is 0 Å². The first-order valence-electron chi connectivity index (χ1n) is 10.8. The second-order valence-electron chi connectivity index (χ2n) is 8.55. The van der Waals surface area contributed by atoms with Gasteiger partial charge in [0.15, 0.2) is 5.82 Å². The predicted octanol–water partition coefficient (Wildman–Crippen LogP) is 2.28. The van der Waals surface area contributed by atoms with E-state index in [4.69, 9.17) is 5.21 Å². The van der Waals surface area contributed by atoms with Crippen LogP contribution in [0.2, 0.25) is 0 Å². The van der Waals surface area contributed by atoms with Crippen LogP contribution in [-0.4, -0.2) is 50.4 Å². The minimum absolute atomic E-state index is 0.0332. The third kappa shape index (κ3) is 5.13. The molecule has 9 heteroatoms. The molecule has 3 rings (SSSR count). The minimum Gasteiger partial charge on any atom is -0.330 e. The molecule has 3 amide bonds. The lowest BCUT2D eigenvalue weighted by molar-refractivity contribution is -0.143. The van der Waals surface area contributed by atoms with Crippen LogP contribution in [0.3, 0.4) is 0 Å². The van der Waals surface area contributed by atoms with E-state index in [0.717, 1.165) is 38.5 Å². The van der Waals surface area contributed by atoms with Crippen LogP contribution in [0.15, 0.2) is 18.6 Å². The zero-order chi connectivity index (χ0) is 21.6. The van der Waals surface area contributed by atoms with Crippen molar-refractivity contribution in [1.29, 1.82) is 0 Å². The van der Waals surface area contributed by atoms with Crippen molar-refractivity contribution in [2.45, 2.75) is 70.8 Å². The van der Waals surface area contributed by atoms with Gasteiger partial charge in [-0.3, -0.25) is 24.6 Å².